The molecule has 0 bridgehead atoms. The molecule has 2 aromatic rings. The second-order valence-electron chi connectivity index (χ2n) is 8.21. The van der Waals surface area contributed by atoms with Gasteiger partial charge in [0.2, 0.25) is 0 Å². The van der Waals surface area contributed by atoms with Crippen molar-refractivity contribution in [2.75, 3.05) is 5.32 Å². The predicted octanol–water partition coefficient (Wildman–Crippen LogP) is 4.60. The van der Waals surface area contributed by atoms with Crippen molar-refractivity contribution in [3.63, 3.8) is 0 Å². The van der Waals surface area contributed by atoms with Crippen LogP contribution in [0.15, 0.2) is 58.7 Å². The predicted molar refractivity (Wildman–Crippen MR) is 114 cm³/mol. The van der Waals surface area contributed by atoms with E-state index in [1.165, 1.54) is 12.1 Å². The number of rotatable bonds is 3. The number of hydrogen-bond acceptors (Lipinski definition) is 4. The quantitative estimate of drug-likeness (QED) is 0.812. The normalized spacial score (nSPS) is 23.7. The third kappa shape index (κ3) is 3.82. The molecule has 5 nitrogen and oxygen atoms in total. The lowest BCUT2D eigenvalue weighted by molar-refractivity contribution is -0.123. The molecule has 1 N–H and O–H groups in total. The van der Waals surface area contributed by atoms with Gasteiger partial charge < -0.3 is 5.32 Å². The van der Waals surface area contributed by atoms with Crippen molar-refractivity contribution in [3.05, 3.63) is 70.8 Å². The summed E-state index contributed by atoms with van der Waals surface area (Å²) >= 11 is 0. The number of aryl methyl sites for hydroxylation is 1. The Morgan fingerprint density at radius 3 is 2.50 bits per heavy atom. The number of carbonyl (C=O) groups is 2. The van der Waals surface area contributed by atoms with Crippen LogP contribution in [0.3, 0.4) is 0 Å². The summed E-state index contributed by atoms with van der Waals surface area (Å²) in [4.78, 5) is 35.4. The molecule has 1 saturated carbocycles. The van der Waals surface area contributed by atoms with E-state index >= 15 is 0 Å². The summed E-state index contributed by atoms with van der Waals surface area (Å²) in [6.07, 6.45) is 1.18. The number of aliphatic imine (C=N–C) groups is 1. The van der Waals surface area contributed by atoms with Gasteiger partial charge >= 0.3 is 0 Å². The van der Waals surface area contributed by atoms with Crippen LogP contribution in [-0.2, 0) is 9.59 Å². The molecular weight excluding hydrogens is 381 g/mol. The number of hydrogen-bond donors (Lipinski definition) is 1. The minimum atomic E-state index is -0.499. The number of anilines is 1. The summed E-state index contributed by atoms with van der Waals surface area (Å²) in [5.41, 5.74) is 3.35. The third-order valence-corrected chi connectivity index (χ3v) is 5.76. The zero-order chi connectivity index (χ0) is 21.4. The Labute approximate surface area is 175 Å². The maximum absolute atomic E-state index is 13.6. The zero-order valence-corrected chi connectivity index (χ0v) is 17.3. The van der Waals surface area contributed by atoms with E-state index in [9.17, 15) is 14.0 Å². The molecule has 6 heteroatoms. The smallest absolute Gasteiger partial charge is 0.255 e. The van der Waals surface area contributed by atoms with E-state index < -0.39 is 11.8 Å². The molecule has 2 aliphatic rings. The van der Waals surface area contributed by atoms with Crippen LogP contribution < -0.4 is 5.32 Å². The van der Waals surface area contributed by atoms with Gasteiger partial charge in [-0.3, -0.25) is 14.6 Å². The molecule has 1 aliphatic carbocycles. The van der Waals surface area contributed by atoms with Crippen molar-refractivity contribution in [3.8, 4) is 0 Å². The van der Waals surface area contributed by atoms with Crippen LogP contribution in [0.1, 0.15) is 43.9 Å². The molecular formula is C24H24FN3O2. The molecule has 154 valence electrons. The Hall–Kier alpha value is -3.15. The van der Waals surface area contributed by atoms with Crippen molar-refractivity contribution in [2.45, 2.75) is 39.5 Å². The van der Waals surface area contributed by atoms with Gasteiger partial charge in [-0.1, -0.05) is 25.1 Å². The molecule has 1 fully saturated rings. The van der Waals surface area contributed by atoms with Gasteiger partial charge in [-0.2, -0.15) is 0 Å². The van der Waals surface area contributed by atoms with Crippen LogP contribution in [-0.4, -0.2) is 22.4 Å². The molecule has 1 amide bonds. The van der Waals surface area contributed by atoms with Gasteiger partial charge in [0.1, 0.15) is 17.4 Å². The largest absolute Gasteiger partial charge is 0.307 e. The summed E-state index contributed by atoms with van der Waals surface area (Å²) in [6, 6.07) is 11.4. The Balaban J connectivity index is 1.79. The first-order valence-electron chi connectivity index (χ1n) is 10.1. The number of Topliss-reactive ketones (excluding diaryl/α,β-unsaturated/α-hetero) is 1. The van der Waals surface area contributed by atoms with Crippen molar-refractivity contribution >= 4 is 23.2 Å². The highest BCUT2D eigenvalue weighted by atomic mass is 19.1. The van der Waals surface area contributed by atoms with Gasteiger partial charge in [-0.05, 0) is 56.0 Å². The number of ketones is 1. The Morgan fingerprint density at radius 2 is 1.80 bits per heavy atom. The minimum Gasteiger partial charge on any atom is -0.307 e. The number of nitrogens with zero attached hydrogens (tertiary/aromatic N) is 2. The molecule has 0 radical (unpaired) electrons. The number of amides is 1. The Bertz CT molecular complexity index is 1070. The summed E-state index contributed by atoms with van der Waals surface area (Å²) in [5, 5.41) is 2.85. The minimum absolute atomic E-state index is 0.0771. The van der Waals surface area contributed by atoms with Crippen molar-refractivity contribution in [1.29, 1.82) is 0 Å². The lowest BCUT2D eigenvalue weighted by atomic mass is 9.67. The van der Waals surface area contributed by atoms with Crippen LogP contribution >= 0.6 is 0 Å². The topological polar surface area (TPSA) is 71.4 Å². The van der Waals surface area contributed by atoms with Gasteiger partial charge in [-0.25, -0.2) is 9.37 Å². The average Bonchev–Trinajstić information content (AvgIpc) is 2.67. The van der Waals surface area contributed by atoms with Crippen molar-refractivity contribution < 1.29 is 14.0 Å². The van der Waals surface area contributed by atoms with Crippen molar-refractivity contribution in [1.82, 2.24) is 4.98 Å². The van der Waals surface area contributed by atoms with E-state index in [0.717, 1.165) is 23.4 Å². The van der Waals surface area contributed by atoms with Gasteiger partial charge in [0, 0.05) is 35.0 Å². The second-order valence-corrected chi connectivity index (χ2v) is 8.21. The number of benzene rings is 1. The Kier molecular flexibility index (Phi) is 5.33. The highest BCUT2D eigenvalue weighted by molar-refractivity contribution is 6.14. The summed E-state index contributed by atoms with van der Waals surface area (Å²) in [6.45, 7) is 5.68. The number of nitrogens with one attached hydrogen (secondary N) is 1. The molecule has 0 spiro atoms. The zero-order valence-electron chi connectivity index (χ0n) is 17.3. The fourth-order valence-electron chi connectivity index (χ4n) is 4.50. The number of carbonyl (C=O) groups excluding carboxylic acids is 2. The fraction of sp³-hybridized carbons (Fsp3) is 0.333. The van der Waals surface area contributed by atoms with Gasteiger partial charge in [0.25, 0.3) is 5.91 Å². The van der Waals surface area contributed by atoms with Crippen molar-refractivity contribution in [2.24, 2.45) is 16.8 Å². The van der Waals surface area contributed by atoms with E-state index in [4.69, 9.17) is 0 Å². The number of halogens is 1. The van der Waals surface area contributed by atoms with Gasteiger partial charge in [0.15, 0.2) is 0 Å². The molecule has 1 aromatic carbocycles. The third-order valence-electron chi connectivity index (χ3n) is 5.76. The van der Waals surface area contributed by atoms with E-state index in [1.807, 2.05) is 26.0 Å². The van der Waals surface area contributed by atoms with Crippen LogP contribution in [0.2, 0.25) is 0 Å². The highest BCUT2D eigenvalue weighted by Crippen LogP contribution is 2.44. The summed E-state index contributed by atoms with van der Waals surface area (Å²) in [7, 11) is 0. The van der Waals surface area contributed by atoms with E-state index in [2.05, 4.69) is 15.3 Å². The van der Waals surface area contributed by atoms with Gasteiger partial charge in [0.05, 0.1) is 5.92 Å². The molecule has 0 saturated heterocycles. The lowest BCUT2D eigenvalue weighted by Crippen LogP contribution is -2.41. The van der Waals surface area contributed by atoms with Gasteiger partial charge in [-0.15, -0.1) is 0 Å². The standard InChI is InChI=1S/C24H24FN3O2/c1-13-11-18-23(19(29)12-13)22(16-7-9-17(25)10-8-16)21(15(3)27-18)24(30)28-20-6-4-5-14(2)26-20/h4-10,13,22-23H,11-12H2,1-3H3,(H,26,28,30)/t13-,22-,23-/m1/s1. The average molecular weight is 405 g/mol. The molecule has 1 aromatic heterocycles. The first-order valence-corrected chi connectivity index (χ1v) is 10.1. The molecule has 1 aliphatic heterocycles. The number of pyridine rings is 1. The maximum Gasteiger partial charge on any atom is 0.255 e. The second kappa shape index (κ2) is 7.94. The summed E-state index contributed by atoms with van der Waals surface area (Å²) in [5.74, 6) is -0.952. The highest BCUT2D eigenvalue weighted by Gasteiger charge is 2.44. The van der Waals surface area contributed by atoms with Crippen LogP contribution in [0.25, 0.3) is 0 Å². The van der Waals surface area contributed by atoms with Crippen LogP contribution in [0.5, 0.6) is 0 Å². The lowest BCUT2D eigenvalue weighted by Gasteiger charge is -2.37. The van der Waals surface area contributed by atoms with Crippen LogP contribution in [0, 0.1) is 24.6 Å². The SMILES string of the molecule is CC1=C(C(=O)Nc2cccc(C)n2)[C@@H](c2ccc(F)cc2)[C@H]2C(=O)C[C@H](C)CC2=N1. The Morgan fingerprint density at radius 1 is 1.07 bits per heavy atom. The fourth-order valence-corrected chi connectivity index (χ4v) is 4.50. The molecule has 3 atom stereocenters. The monoisotopic (exact) mass is 405 g/mol. The van der Waals surface area contributed by atoms with E-state index in [-0.39, 0.29) is 23.4 Å². The molecule has 4 rings (SSSR count). The number of allylic oxidation sites excluding steroid dienone is 1. The summed E-state index contributed by atoms with van der Waals surface area (Å²) < 4.78 is 13.6. The maximum atomic E-state index is 13.6. The van der Waals surface area contributed by atoms with E-state index in [0.29, 0.717) is 23.5 Å². The number of fused-ring (bicyclic) bond motifs is 1. The molecule has 0 unspecified atom stereocenters. The first-order chi connectivity index (χ1) is 14.3. The first kappa shape index (κ1) is 20.1. The molecule has 30 heavy (non-hydrogen) atoms. The number of aromatic nitrogens is 1. The van der Waals surface area contributed by atoms with E-state index in [1.54, 1.807) is 25.1 Å². The molecule has 2 heterocycles. The van der Waals surface area contributed by atoms with Crippen LogP contribution in [0.4, 0.5) is 10.2 Å².